The molecule has 104 valence electrons. The van der Waals surface area contributed by atoms with E-state index in [1.165, 1.54) is 0 Å². The largest absolute Gasteiger partial charge is 0.372 e. The van der Waals surface area contributed by atoms with Crippen molar-refractivity contribution in [3.05, 3.63) is 18.1 Å². The maximum atomic E-state index is 12.4. The Morgan fingerprint density at radius 1 is 1.42 bits per heavy atom. The lowest BCUT2D eigenvalue weighted by Gasteiger charge is -2.22. The van der Waals surface area contributed by atoms with E-state index in [0.29, 0.717) is 23.5 Å². The molecule has 19 heavy (non-hydrogen) atoms. The lowest BCUT2D eigenvalue weighted by atomic mass is 10.1. The number of carbonyl (C=O) groups excluding carboxylic acids is 1. The van der Waals surface area contributed by atoms with Crippen LogP contribution in [0.25, 0.3) is 0 Å². The number of amides is 1. The van der Waals surface area contributed by atoms with Crippen LogP contribution in [0.3, 0.4) is 0 Å². The molecule has 1 saturated carbocycles. The molecule has 0 spiro atoms. The molecule has 0 aromatic carbocycles. The summed E-state index contributed by atoms with van der Waals surface area (Å²) in [6, 6.07) is 0.414. The number of nitrogens with one attached hydrogen (secondary N) is 1. The molecule has 0 radical (unpaired) electrons. The molecule has 1 aliphatic carbocycles. The highest BCUT2D eigenvalue weighted by Crippen LogP contribution is 2.28. The first kappa shape index (κ1) is 13.8. The fourth-order valence-corrected chi connectivity index (χ4v) is 1.95. The van der Waals surface area contributed by atoms with Gasteiger partial charge in [-0.2, -0.15) is 0 Å². The lowest BCUT2D eigenvalue weighted by Crippen LogP contribution is -2.35. The average Bonchev–Trinajstić information content (AvgIpc) is 3.23. The van der Waals surface area contributed by atoms with E-state index in [2.05, 4.69) is 29.1 Å². The van der Waals surface area contributed by atoms with E-state index in [0.717, 1.165) is 25.8 Å². The predicted octanol–water partition coefficient (Wildman–Crippen LogP) is 2.17. The second-order valence-electron chi connectivity index (χ2n) is 5.45. The molecule has 1 aromatic heterocycles. The summed E-state index contributed by atoms with van der Waals surface area (Å²) < 4.78 is 0. The predicted molar refractivity (Wildman–Crippen MR) is 75.1 cm³/mol. The van der Waals surface area contributed by atoms with Crippen molar-refractivity contribution >= 4 is 11.7 Å². The molecule has 1 N–H and O–H groups in total. The standard InChI is InChI=1S/C14H22N4O/c1-10(2)6-7-18(11-4-5-11)14(19)12-8-17-13(15-3)9-16-12/h8-11H,4-7H2,1-3H3,(H,15,17). The summed E-state index contributed by atoms with van der Waals surface area (Å²) in [6.07, 6.45) is 6.42. The minimum absolute atomic E-state index is 0.0123. The first-order valence-electron chi connectivity index (χ1n) is 6.92. The van der Waals surface area contributed by atoms with Gasteiger partial charge in [-0.15, -0.1) is 0 Å². The molecule has 2 rings (SSSR count). The summed E-state index contributed by atoms with van der Waals surface area (Å²) in [5.41, 5.74) is 0.439. The highest BCUT2D eigenvalue weighted by Gasteiger charge is 2.33. The number of nitrogens with zero attached hydrogens (tertiary/aromatic N) is 3. The van der Waals surface area contributed by atoms with Crippen LogP contribution in [0.15, 0.2) is 12.4 Å². The van der Waals surface area contributed by atoms with Crippen molar-refractivity contribution in [2.75, 3.05) is 18.9 Å². The first-order chi connectivity index (χ1) is 9.11. The number of aromatic nitrogens is 2. The van der Waals surface area contributed by atoms with Crippen molar-refractivity contribution in [3.63, 3.8) is 0 Å². The smallest absolute Gasteiger partial charge is 0.274 e. The van der Waals surface area contributed by atoms with Crippen LogP contribution in [0.5, 0.6) is 0 Å². The molecule has 1 heterocycles. The summed E-state index contributed by atoms with van der Waals surface area (Å²) in [6.45, 7) is 5.17. The van der Waals surface area contributed by atoms with Gasteiger partial charge in [-0.3, -0.25) is 4.79 Å². The second-order valence-corrected chi connectivity index (χ2v) is 5.45. The van der Waals surface area contributed by atoms with Crippen LogP contribution in [0.4, 0.5) is 5.82 Å². The Hall–Kier alpha value is -1.65. The molecule has 5 nitrogen and oxygen atoms in total. The van der Waals surface area contributed by atoms with Crippen LogP contribution in [0, 0.1) is 5.92 Å². The minimum Gasteiger partial charge on any atom is -0.372 e. The second kappa shape index (κ2) is 5.99. The molecule has 0 atom stereocenters. The number of carbonyl (C=O) groups is 1. The Morgan fingerprint density at radius 2 is 2.16 bits per heavy atom. The van der Waals surface area contributed by atoms with Crippen LogP contribution >= 0.6 is 0 Å². The molecule has 1 fully saturated rings. The molecule has 0 aliphatic heterocycles. The van der Waals surface area contributed by atoms with E-state index in [1.54, 1.807) is 19.4 Å². The fourth-order valence-electron chi connectivity index (χ4n) is 1.95. The quantitative estimate of drug-likeness (QED) is 0.853. The van der Waals surface area contributed by atoms with E-state index in [9.17, 15) is 4.79 Å². The Morgan fingerprint density at radius 3 is 2.63 bits per heavy atom. The van der Waals surface area contributed by atoms with Gasteiger partial charge in [-0.1, -0.05) is 13.8 Å². The average molecular weight is 262 g/mol. The Labute approximate surface area is 114 Å². The lowest BCUT2D eigenvalue weighted by molar-refractivity contribution is 0.0729. The summed E-state index contributed by atoms with van der Waals surface area (Å²) in [5.74, 6) is 1.29. The van der Waals surface area contributed by atoms with Gasteiger partial charge in [-0.05, 0) is 25.2 Å². The molecule has 0 bridgehead atoms. The van der Waals surface area contributed by atoms with Crippen LogP contribution < -0.4 is 5.32 Å². The van der Waals surface area contributed by atoms with Gasteiger partial charge in [-0.25, -0.2) is 9.97 Å². The van der Waals surface area contributed by atoms with Crippen LogP contribution in [0.2, 0.25) is 0 Å². The third-order valence-corrected chi connectivity index (χ3v) is 3.32. The molecule has 0 saturated heterocycles. The van der Waals surface area contributed by atoms with Gasteiger partial charge in [0.15, 0.2) is 0 Å². The van der Waals surface area contributed by atoms with Gasteiger partial charge in [0.25, 0.3) is 5.91 Å². The highest BCUT2D eigenvalue weighted by molar-refractivity contribution is 5.92. The van der Waals surface area contributed by atoms with Gasteiger partial charge < -0.3 is 10.2 Å². The van der Waals surface area contributed by atoms with E-state index >= 15 is 0 Å². The SMILES string of the molecule is CNc1cnc(C(=O)N(CCC(C)C)C2CC2)cn1. The van der Waals surface area contributed by atoms with E-state index in [4.69, 9.17) is 0 Å². The Bertz CT molecular complexity index is 426. The number of hydrogen-bond acceptors (Lipinski definition) is 4. The molecule has 5 heteroatoms. The molecule has 1 aliphatic rings. The summed E-state index contributed by atoms with van der Waals surface area (Å²) in [5, 5.41) is 2.90. The maximum absolute atomic E-state index is 12.4. The highest BCUT2D eigenvalue weighted by atomic mass is 16.2. The van der Waals surface area contributed by atoms with Gasteiger partial charge in [0.1, 0.15) is 11.5 Å². The molecule has 1 aromatic rings. The normalized spacial score (nSPS) is 14.5. The number of rotatable bonds is 6. The van der Waals surface area contributed by atoms with Crippen molar-refractivity contribution < 1.29 is 4.79 Å². The van der Waals surface area contributed by atoms with Crippen molar-refractivity contribution in [2.45, 2.75) is 39.2 Å². The third-order valence-electron chi connectivity index (χ3n) is 3.32. The fraction of sp³-hybridized carbons (Fsp3) is 0.643. The van der Waals surface area contributed by atoms with Crippen molar-refractivity contribution in [1.29, 1.82) is 0 Å². The summed E-state index contributed by atoms with van der Waals surface area (Å²) in [7, 11) is 1.78. The van der Waals surface area contributed by atoms with Gasteiger partial charge in [0.05, 0.1) is 12.4 Å². The zero-order valence-electron chi connectivity index (χ0n) is 11.9. The first-order valence-corrected chi connectivity index (χ1v) is 6.92. The minimum atomic E-state index is 0.0123. The Kier molecular flexibility index (Phi) is 4.35. The van der Waals surface area contributed by atoms with Crippen LogP contribution in [-0.4, -0.2) is 40.4 Å². The van der Waals surface area contributed by atoms with E-state index < -0.39 is 0 Å². The molecule has 1 amide bonds. The van der Waals surface area contributed by atoms with Crippen molar-refractivity contribution in [3.8, 4) is 0 Å². The van der Waals surface area contributed by atoms with Crippen molar-refractivity contribution in [1.82, 2.24) is 14.9 Å². The number of anilines is 1. The van der Waals surface area contributed by atoms with Gasteiger partial charge in [0, 0.05) is 19.6 Å². The van der Waals surface area contributed by atoms with Crippen LogP contribution in [0.1, 0.15) is 43.6 Å². The molecule has 0 unspecified atom stereocenters. The van der Waals surface area contributed by atoms with Crippen LogP contribution in [-0.2, 0) is 0 Å². The topological polar surface area (TPSA) is 58.1 Å². The van der Waals surface area contributed by atoms with Gasteiger partial charge in [0.2, 0.25) is 0 Å². The summed E-state index contributed by atoms with van der Waals surface area (Å²) >= 11 is 0. The van der Waals surface area contributed by atoms with E-state index in [-0.39, 0.29) is 5.91 Å². The van der Waals surface area contributed by atoms with Gasteiger partial charge >= 0.3 is 0 Å². The molecular formula is C14H22N4O. The van der Waals surface area contributed by atoms with E-state index in [1.807, 2.05) is 4.90 Å². The zero-order valence-corrected chi connectivity index (χ0v) is 11.9. The van der Waals surface area contributed by atoms with Crippen molar-refractivity contribution in [2.24, 2.45) is 5.92 Å². The third kappa shape index (κ3) is 3.66. The zero-order chi connectivity index (χ0) is 13.8. The number of hydrogen-bond donors (Lipinski definition) is 1. The Balaban J connectivity index is 2.05. The summed E-state index contributed by atoms with van der Waals surface area (Å²) in [4.78, 5) is 22.7. The maximum Gasteiger partial charge on any atom is 0.274 e. The monoisotopic (exact) mass is 262 g/mol. The molecular weight excluding hydrogens is 240 g/mol.